The second kappa shape index (κ2) is 7.28. The Balaban J connectivity index is 1.42. The molecule has 0 spiro atoms. The number of hydrogen-bond donors (Lipinski definition) is 0. The van der Waals surface area contributed by atoms with Gasteiger partial charge in [-0.05, 0) is 36.1 Å². The van der Waals surface area contributed by atoms with Crippen molar-refractivity contribution < 1.29 is 14.0 Å². The number of oxime groups is 1. The largest absolute Gasteiger partial charge is 0.390 e. The van der Waals surface area contributed by atoms with E-state index in [1.54, 1.807) is 12.1 Å². The van der Waals surface area contributed by atoms with Crippen LogP contribution in [0.2, 0.25) is 0 Å². The SMILES string of the molecule is O=C(C1CC1)N(Cc1ccc(F)cc1)C[C@H]1CC(c2ccccc2)=NO1. The predicted molar refractivity (Wildman–Crippen MR) is 97.0 cm³/mol. The van der Waals surface area contributed by atoms with Crippen LogP contribution >= 0.6 is 0 Å². The lowest BCUT2D eigenvalue weighted by Gasteiger charge is -2.25. The maximum absolute atomic E-state index is 13.1. The van der Waals surface area contributed by atoms with Crippen LogP contribution in [0.15, 0.2) is 59.8 Å². The van der Waals surface area contributed by atoms with Crippen LogP contribution in [0, 0.1) is 11.7 Å². The van der Waals surface area contributed by atoms with Gasteiger partial charge in [-0.25, -0.2) is 4.39 Å². The van der Waals surface area contributed by atoms with Gasteiger partial charge >= 0.3 is 0 Å². The van der Waals surface area contributed by atoms with E-state index in [2.05, 4.69) is 5.16 Å². The van der Waals surface area contributed by atoms with Gasteiger partial charge in [-0.3, -0.25) is 4.79 Å². The van der Waals surface area contributed by atoms with Gasteiger partial charge in [0, 0.05) is 18.9 Å². The van der Waals surface area contributed by atoms with E-state index in [0.29, 0.717) is 19.5 Å². The van der Waals surface area contributed by atoms with Crippen molar-refractivity contribution >= 4 is 11.6 Å². The lowest BCUT2D eigenvalue weighted by molar-refractivity contribution is -0.135. The second-order valence-corrected chi connectivity index (χ2v) is 6.96. The van der Waals surface area contributed by atoms with Crippen LogP contribution in [-0.4, -0.2) is 29.2 Å². The minimum absolute atomic E-state index is 0.131. The third kappa shape index (κ3) is 3.93. The Morgan fingerprint density at radius 2 is 1.85 bits per heavy atom. The molecule has 0 bridgehead atoms. The first kappa shape index (κ1) is 16.8. The molecule has 1 aliphatic heterocycles. The topological polar surface area (TPSA) is 41.9 Å². The van der Waals surface area contributed by atoms with E-state index in [0.717, 1.165) is 29.7 Å². The normalized spacial score (nSPS) is 19.0. The van der Waals surface area contributed by atoms with Crippen LogP contribution in [-0.2, 0) is 16.2 Å². The number of carbonyl (C=O) groups excluding carboxylic acids is 1. The van der Waals surface area contributed by atoms with E-state index in [1.807, 2.05) is 35.2 Å². The highest BCUT2D eigenvalue weighted by atomic mass is 19.1. The van der Waals surface area contributed by atoms with Gasteiger partial charge in [0.05, 0.1) is 12.3 Å². The van der Waals surface area contributed by atoms with Gasteiger partial charge in [0.25, 0.3) is 0 Å². The Morgan fingerprint density at radius 1 is 1.12 bits per heavy atom. The van der Waals surface area contributed by atoms with Crippen molar-refractivity contribution in [3.05, 3.63) is 71.5 Å². The summed E-state index contributed by atoms with van der Waals surface area (Å²) in [5, 5.41) is 4.21. The summed E-state index contributed by atoms with van der Waals surface area (Å²) >= 11 is 0. The molecule has 0 radical (unpaired) electrons. The summed E-state index contributed by atoms with van der Waals surface area (Å²) in [5.41, 5.74) is 2.88. The van der Waals surface area contributed by atoms with Crippen LogP contribution in [0.1, 0.15) is 30.4 Å². The molecule has 1 atom stereocenters. The van der Waals surface area contributed by atoms with E-state index in [-0.39, 0.29) is 23.7 Å². The van der Waals surface area contributed by atoms with E-state index >= 15 is 0 Å². The molecule has 26 heavy (non-hydrogen) atoms. The Hall–Kier alpha value is -2.69. The smallest absolute Gasteiger partial charge is 0.226 e. The molecular weight excluding hydrogens is 331 g/mol. The number of hydrogen-bond acceptors (Lipinski definition) is 3. The van der Waals surface area contributed by atoms with E-state index in [4.69, 9.17) is 4.84 Å². The molecule has 1 heterocycles. The van der Waals surface area contributed by atoms with Crippen LogP contribution < -0.4 is 0 Å². The fraction of sp³-hybridized carbons (Fsp3) is 0.333. The molecule has 134 valence electrons. The van der Waals surface area contributed by atoms with Gasteiger partial charge in [0.15, 0.2) is 6.10 Å². The van der Waals surface area contributed by atoms with Gasteiger partial charge in [-0.15, -0.1) is 0 Å². The third-order valence-electron chi connectivity index (χ3n) is 4.79. The summed E-state index contributed by atoms with van der Waals surface area (Å²) in [4.78, 5) is 20.1. The molecule has 1 amide bonds. The first-order valence-corrected chi connectivity index (χ1v) is 9.00. The lowest BCUT2D eigenvalue weighted by atomic mass is 10.0. The minimum atomic E-state index is -0.270. The molecule has 2 aromatic rings. The molecule has 4 rings (SSSR count). The molecular formula is C21H21FN2O2. The standard InChI is InChI=1S/C21H21FN2O2/c22-18-10-6-15(7-11-18)13-24(21(25)17-8-9-17)14-19-12-20(23-26-19)16-4-2-1-3-5-16/h1-7,10-11,17,19H,8-9,12-14H2/t19-/m1/s1. The van der Waals surface area contributed by atoms with Crippen molar-refractivity contribution in [3.8, 4) is 0 Å². The van der Waals surface area contributed by atoms with Crippen molar-refractivity contribution in [1.29, 1.82) is 0 Å². The second-order valence-electron chi connectivity index (χ2n) is 6.96. The number of nitrogens with zero attached hydrogens (tertiary/aromatic N) is 2. The van der Waals surface area contributed by atoms with Gasteiger partial charge in [-0.2, -0.15) is 0 Å². The zero-order valence-corrected chi connectivity index (χ0v) is 14.5. The molecule has 0 aromatic heterocycles. The zero-order chi connectivity index (χ0) is 17.9. The Bertz CT molecular complexity index is 801. The molecule has 2 aliphatic rings. The quantitative estimate of drug-likeness (QED) is 0.794. The summed E-state index contributed by atoms with van der Waals surface area (Å²) in [7, 11) is 0. The van der Waals surface area contributed by atoms with Crippen molar-refractivity contribution in [2.75, 3.05) is 6.54 Å². The van der Waals surface area contributed by atoms with Crippen LogP contribution in [0.3, 0.4) is 0 Å². The molecule has 2 aromatic carbocycles. The van der Waals surface area contributed by atoms with Gasteiger partial charge in [0.2, 0.25) is 5.91 Å². The number of rotatable bonds is 6. The summed E-state index contributed by atoms with van der Waals surface area (Å²) in [6.45, 7) is 0.961. The number of amides is 1. The fourth-order valence-electron chi connectivity index (χ4n) is 3.20. The van der Waals surface area contributed by atoms with Gasteiger partial charge in [0.1, 0.15) is 5.82 Å². The molecule has 1 saturated carbocycles. The Kier molecular flexibility index (Phi) is 4.69. The van der Waals surface area contributed by atoms with E-state index in [9.17, 15) is 9.18 Å². The van der Waals surface area contributed by atoms with E-state index in [1.165, 1.54) is 12.1 Å². The maximum atomic E-state index is 13.1. The van der Waals surface area contributed by atoms with Gasteiger partial charge < -0.3 is 9.74 Å². The molecule has 1 fully saturated rings. The Labute approximate surface area is 152 Å². The van der Waals surface area contributed by atoms with E-state index < -0.39 is 0 Å². The summed E-state index contributed by atoms with van der Waals surface area (Å²) in [6, 6.07) is 16.2. The minimum Gasteiger partial charge on any atom is -0.390 e. The van der Waals surface area contributed by atoms with Crippen molar-refractivity contribution in [2.45, 2.75) is 31.9 Å². The third-order valence-corrected chi connectivity index (χ3v) is 4.79. The molecule has 0 saturated heterocycles. The predicted octanol–water partition coefficient (Wildman–Crippen LogP) is 3.76. The van der Waals surface area contributed by atoms with Crippen LogP contribution in [0.25, 0.3) is 0 Å². The average molecular weight is 352 g/mol. The molecule has 1 aliphatic carbocycles. The highest BCUT2D eigenvalue weighted by Crippen LogP contribution is 2.32. The summed E-state index contributed by atoms with van der Waals surface area (Å²) < 4.78 is 13.1. The van der Waals surface area contributed by atoms with Crippen molar-refractivity contribution in [3.63, 3.8) is 0 Å². The number of benzene rings is 2. The zero-order valence-electron chi connectivity index (χ0n) is 14.5. The molecule has 0 unspecified atom stereocenters. The molecule has 4 nitrogen and oxygen atoms in total. The molecule has 5 heteroatoms. The number of carbonyl (C=O) groups is 1. The van der Waals surface area contributed by atoms with Crippen molar-refractivity contribution in [2.24, 2.45) is 11.1 Å². The maximum Gasteiger partial charge on any atom is 0.226 e. The molecule has 0 N–H and O–H groups in total. The first-order chi connectivity index (χ1) is 12.7. The fourth-order valence-corrected chi connectivity index (χ4v) is 3.20. The summed E-state index contributed by atoms with van der Waals surface area (Å²) in [6.07, 6.45) is 2.45. The number of halogens is 1. The average Bonchev–Trinajstić information content (AvgIpc) is 3.42. The monoisotopic (exact) mass is 352 g/mol. The lowest BCUT2D eigenvalue weighted by Crippen LogP contribution is -2.38. The van der Waals surface area contributed by atoms with Crippen LogP contribution in [0.4, 0.5) is 4.39 Å². The highest BCUT2D eigenvalue weighted by Gasteiger charge is 2.35. The van der Waals surface area contributed by atoms with Gasteiger partial charge in [-0.1, -0.05) is 47.6 Å². The van der Waals surface area contributed by atoms with Crippen LogP contribution in [0.5, 0.6) is 0 Å². The first-order valence-electron chi connectivity index (χ1n) is 9.00. The Morgan fingerprint density at radius 3 is 2.54 bits per heavy atom. The van der Waals surface area contributed by atoms with Crippen molar-refractivity contribution in [1.82, 2.24) is 4.90 Å². The summed E-state index contributed by atoms with van der Waals surface area (Å²) in [5.74, 6) is 0.0197. The highest BCUT2D eigenvalue weighted by molar-refractivity contribution is 6.01.